The average Bonchev–Trinajstić information content (AvgIpc) is 3.19. The summed E-state index contributed by atoms with van der Waals surface area (Å²) >= 11 is 17.3. The monoisotopic (exact) mass is 486 g/mol. The molecule has 0 atom stereocenters. The third-order valence-corrected chi connectivity index (χ3v) is 5.42. The second kappa shape index (κ2) is 8.58. The maximum absolute atomic E-state index is 13.1. The molecule has 0 spiro atoms. The highest BCUT2D eigenvalue weighted by molar-refractivity contribution is 7.80. The number of carbonyl (C=O) groups excluding carboxylic acids is 2. The number of carboxylic acid groups (broad SMARTS) is 1. The molecule has 160 valence electrons. The molecule has 10 heteroatoms. The molecule has 4 rings (SSSR count). The van der Waals surface area contributed by atoms with E-state index < -0.39 is 17.8 Å². The topological polar surface area (TPSA) is 99.9 Å². The Bertz CT molecular complexity index is 1310. The molecule has 0 bridgehead atoms. The molecule has 2 heterocycles. The Hall–Kier alpha value is -3.46. The van der Waals surface area contributed by atoms with E-state index in [0.29, 0.717) is 27.1 Å². The van der Waals surface area contributed by atoms with Crippen LogP contribution in [0.25, 0.3) is 17.4 Å². The number of aromatic carboxylic acids is 1. The van der Waals surface area contributed by atoms with Gasteiger partial charge in [-0.05, 0) is 72.9 Å². The fourth-order valence-electron chi connectivity index (χ4n) is 3.05. The van der Waals surface area contributed by atoms with Crippen LogP contribution in [0.4, 0.5) is 5.69 Å². The molecule has 32 heavy (non-hydrogen) atoms. The van der Waals surface area contributed by atoms with Crippen molar-refractivity contribution in [2.45, 2.75) is 0 Å². The van der Waals surface area contributed by atoms with Crippen LogP contribution in [0.1, 0.15) is 16.1 Å². The molecule has 1 aliphatic heterocycles. The molecule has 0 radical (unpaired) electrons. The number of rotatable bonds is 4. The van der Waals surface area contributed by atoms with Crippen LogP contribution in [0.5, 0.6) is 0 Å². The highest BCUT2D eigenvalue weighted by Crippen LogP contribution is 2.32. The molecule has 1 aromatic heterocycles. The largest absolute Gasteiger partial charge is 0.478 e. The van der Waals surface area contributed by atoms with E-state index in [-0.39, 0.29) is 22.0 Å². The standard InChI is InChI=1S/C22H12Cl2N2O5S/c23-12-3-7-15(17(24)9-12)18-8-6-14(31-18)10-16-19(27)25-22(32)26(20(16)28)13-4-1-11(2-5-13)21(29)30/h1-10H,(H,29,30)(H,25,27,32)/b16-10-. The average molecular weight is 487 g/mol. The minimum Gasteiger partial charge on any atom is -0.478 e. The van der Waals surface area contributed by atoms with E-state index in [1.54, 1.807) is 30.3 Å². The Kier molecular flexibility index (Phi) is 5.84. The van der Waals surface area contributed by atoms with Gasteiger partial charge < -0.3 is 9.52 Å². The third-order valence-electron chi connectivity index (χ3n) is 4.58. The second-order valence-electron chi connectivity index (χ2n) is 6.64. The first kappa shape index (κ1) is 21.8. The van der Waals surface area contributed by atoms with Gasteiger partial charge in [-0.1, -0.05) is 23.2 Å². The van der Waals surface area contributed by atoms with Gasteiger partial charge in [0.15, 0.2) is 5.11 Å². The first-order valence-electron chi connectivity index (χ1n) is 9.04. The number of amides is 2. The van der Waals surface area contributed by atoms with Crippen LogP contribution in [-0.2, 0) is 9.59 Å². The molecule has 1 saturated heterocycles. The highest BCUT2D eigenvalue weighted by Gasteiger charge is 2.34. The van der Waals surface area contributed by atoms with E-state index in [4.69, 9.17) is 44.9 Å². The van der Waals surface area contributed by atoms with E-state index in [1.165, 1.54) is 30.3 Å². The number of benzene rings is 2. The first-order valence-corrected chi connectivity index (χ1v) is 10.2. The number of anilines is 1. The molecule has 7 nitrogen and oxygen atoms in total. The lowest BCUT2D eigenvalue weighted by molar-refractivity contribution is -0.122. The summed E-state index contributed by atoms with van der Waals surface area (Å²) in [4.78, 5) is 37.7. The van der Waals surface area contributed by atoms with Crippen molar-refractivity contribution in [3.63, 3.8) is 0 Å². The molecule has 3 aromatic rings. The van der Waals surface area contributed by atoms with Crippen molar-refractivity contribution < 1.29 is 23.9 Å². The van der Waals surface area contributed by atoms with Crippen molar-refractivity contribution in [1.29, 1.82) is 0 Å². The second-order valence-corrected chi connectivity index (χ2v) is 7.87. The van der Waals surface area contributed by atoms with Crippen LogP contribution in [0.2, 0.25) is 10.0 Å². The third kappa shape index (κ3) is 4.16. The van der Waals surface area contributed by atoms with Crippen molar-refractivity contribution in [3.8, 4) is 11.3 Å². The Balaban J connectivity index is 1.66. The minimum atomic E-state index is -1.10. The van der Waals surface area contributed by atoms with E-state index in [1.807, 2.05) is 0 Å². The fourth-order valence-corrected chi connectivity index (χ4v) is 3.83. The Morgan fingerprint density at radius 3 is 2.44 bits per heavy atom. The number of nitrogens with zero attached hydrogens (tertiary/aromatic N) is 1. The zero-order valence-corrected chi connectivity index (χ0v) is 18.3. The van der Waals surface area contributed by atoms with Gasteiger partial charge in [0, 0.05) is 10.6 Å². The van der Waals surface area contributed by atoms with Gasteiger partial charge in [0.1, 0.15) is 17.1 Å². The zero-order valence-electron chi connectivity index (χ0n) is 16.0. The van der Waals surface area contributed by atoms with Crippen molar-refractivity contribution in [1.82, 2.24) is 5.32 Å². The van der Waals surface area contributed by atoms with Gasteiger partial charge in [-0.25, -0.2) is 4.79 Å². The van der Waals surface area contributed by atoms with Crippen molar-refractivity contribution >= 4 is 70.1 Å². The van der Waals surface area contributed by atoms with E-state index in [9.17, 15) is 14.4 Å². The number of halogens is 2. The maximum atomic E-state index is 13.1. The van der Waals surface area contributed by atoms with Crippen LogP contribution in [0, 0.1) is 0 Å². The number of carbonyl (C=O) groups is 3. The van der Waals surface area contributed by atoms with Crippen LogP contribution in [0.3, 0.4) is 0 Å². The number of hydrogen-bond acceptors (Lipinski definition) is 5. The van der Waals surface area contributed by atoms with Crippen LogP contribution >= 0.6 is 35.4 Å². The number of hydrogen-bond donors (Lipinski definition) is 2. The molecule has 0 aliphatic carbocycles. The van der Waals surface area contributed by atoms with Gasteiger partial charge in [0.25, 0.3) is 11.8 Å². The molecule has 1 aliphatic rings. The molecular weight excluding hydrogens is 475 g/mol. The predicted octanol–water partition coefficient (Wildman–Crippen LogP) is 4.78. The number of nitrogens with one attached hydrogen (secondary N) is 1. The molecule has 2 amide bonds. The molecule has 1 fully saturated rings. The highest BCUT2D eigenvalue weighted by atomic mass is 35.5. The van der Waals surface area contributed by atoms with Gasteiger partial charge in [0.05, 0.1) is 16.3 Å². The first-order chi connectivity index (χ1) is 15.2. The summed E-state index contributed by atoms with van der Waals surface area (Å²) in [5, 5.41) is 12.3. The number of carboxylic acids is 1. The van der Waals surface area contributed by atoms with Crippen LogP contribution in [-0.4, -0.2) is 28.0 Å². The van der Waals surface area contributed by atoms with Gasteiger partial charge in [-0.15, -0.1) is 0 Å². The summed E-state index contributed by atoms with van der Waals surface area (Å²) in [7, 11) is 0. The Labute approximate surface area is 196 Å². The lowest BCUT2D eigenvalue weighted by Crippen LogP contribution is -2.54. The normalized spacial score (nSPS) is 15.2. The number of thiocarbonyl (C=S) groups is 1. The molecule has 0 saturated carbocycles. The number of furan rings is 1. The predicted molar refractivity (Wildman–Crippen MR) is 124 cm³/mol. The van der Waals surface area contributed by atoms with Crippen LogP contribution < -0.4 is 10.2 Å². The summed E-state index contributed by atoms with van der Waals surface area (Å²) in [5.74, 6) is -1.78. The SMILES string of the molecule is O=C1NC(=S)N(c2ccc(C(=O)O)cc2)C(=O)/C1=C\c1ccc(-c2ccc(Cl)cc2Cl)o1. The zero-order chi connectivity index (χ0) is 23.0. The molecular formula is C22H12Cl2N2O5S. The van der Waals surface area contributed by atoms with E-state index in [0.717, 1.165) is 4.90 Å². The molecule has 2 aromatic carbocycles. The lowest BCUT2D eigenvalue weighted by atomic mass is 10.1. The molecule has 2 N–H and O–H groups in total. The maximum Gasteiger partial charge on any atom is 0.335 e. The fraction of sp³-hybridized carbons (Fsp3) is 0. The van der Waals surface area contributed by atoms with E-state index in [2.05, 4.69) is 5.32 Å². The van der Waals surface area contributed by atoms with Gasteiger partial charge >= 0.3 is 5.97 Å². The Morgan fingerprint density at radius 2 is 1.78 bits per heavy atom. The summed E-state index contributed by atoms with van der Waals surface area (Å²) in [6.45, 7) is 0. The summed E-state index contributed by atoms with van der Waals surface area (Å²) < 4.78 is 5.75. The Morgan fingerprint density at radius 1 is 1.06 bits per heavy atom. The van der Waals surface area contributed by atoms with Crippen molar-refractivity contribution in [2.75, 3.05) is 4.90 Å². The van der Waals surface area contributed by atoms with Crippen LogP contribution in [0.15, 0.2) is 64.6 Å². The van der Waals surface area contributed by atoms with E-state index >= 15 is 0 Å². The molecule has 0 unspecified atom stereocenters. The minimum absolute atomic E-state index is 0.0490. The van der Waals surface area contributed by atoms with Gasteiger partial charge in [-0.3, -0.25) is 19.8 Å². The smallest absolute Gasteiger partial charge is 0.335 e. The summed E-state index contributed by atoms with van der Waals surface area (Å²) in [6, 6.07) is 13.7. The van der Waals surface area contributed by atoms with Crippen molar-refractivity contribution in [2.24, 2.45) is 0 Å². The van der Waals surface area contributed by atoms with Gasteiger partial charge in [-0.2, -0.15) is 0 Å². The van der Waals surface area contributed by atoms with Crippen molar-refractivity contribution in [3.05, 3.63) is 81.5 Å². The summed E-state index contributed by atoms with van der Waals surface area (Å²) in [5.41, 5.74) is 0.752. The lowest BCUT2D eigenvalue weighted by Gasteiger charge is -2.28. The summed E-state index contributed by atoms with van der Waals surface area (Å²) in [6.07, 6.45) is 1.30. The van der Waals surface area contributed by atoms with Gasteiger partial charge in [0.2, 0.25) is 0 Å². The quantitative estimate of drug-likeness (QED) is 0.312.